The molecule has 5 rings (SSSR count). The molecule has 0 saturated heterocycles. The summed E-state index contributed by atoms with van der Waals surface area (Å²) in [7, 11) is 3.72. The molecule has 2 aromatic rings. The fraction of sp³-hybridized carbons (Fsp3) is 0.414. The molecule has 9 heteroatoms. The number of ether oxygens (including phenoxy) is 2. The number of aliphatic hydroxyl groups is 1. The first kappa shape index (κ1) is 25.9. The smallest absolute Gasteiger partial charge is 0.337 e. The van der Waals surface area contributed by atoms with Gasteiger partial charge in [-0.05, 0) is 50.1 Å². The van der Waals surface area contributed by atoms with Crippen LogP contribution in [0.1, 0.15) is 30.9 Å². The average molecular weight is 520 g/mol. The van der Waals surface area contributed by atoms with E-state index < -0.39 is 17.4 Å². The zero-order chi connectivity index (χ0) is 27.0. The summed E-state index contributed by atoms with van der Waals surface area (Å²) in [6.07, 6.45) is 8.01. The quantitative estimate of drug-likeness (QED) is 0.362. The molecule has 1 aliphatic heterocycles. The number of likely N-dealkylation sites (N-methyl/N-ethyl adjacent to an activating group) is 1. The second-order valence-electron chi connectivity index (χ2n) is 10.2. The summed E-state index contributed by atoms with van der Waals surface area (Å²) in [5.41, 5.74) is 2.57. The van der Waals surface area contributed by atoms with Gasteiger partial charge in [-0.25, -0.2) is 4.79 Å². The number of nitrogens with zero attached hydrogens (tertiary/aromatic N) is 1. The number of rotatable bonds is 8. The van der Waals surface area contributed by atoms with Gasteiger partial charge in [-0.1, -0.05) is 30.4 Å². The van der Waals surface area contributed by atoms with E-state index in [1.54, 1.807) is 19.3 Å². The molecule has 3 N–H and O–H groups in total. The van der Waals surface area contributed by atoms with E-state index in [0.717, 1.165) is 34.3 Å². The Labute approximate surface area is 221 Å². The molecule has 0 spiro atoms. The van der Waals surface area contributed by atoms with E-state index in [1.807, 2.05) is 19.2 Å². The Bertz CT molecular complexity index is 1390. The SMILES string of the molecule is COc1[nH]c2cccc3c2c1C[C@@H]1C3=C[C@@H](C(=O)NCCCOC(=O)C2=CC=CCC2(O)C(C)=O)CN1C. The van der Waals surface area contributed by atoms with Crippen molar-refractivity contribution in [3.63, 3.8) is 0 Å². The second-order valence-corrected chi connectivity index (χ2v) is 10.2. The average Bonchev–Trinajstić information content (AvgIpc) is 3.27. The molecule has 9 nitrogen and oxygen atoms in total. The topological polar surface area (TPSA) is 121 Å². The zero-order valence-electron chi connectivity index (χ0n) is 21.9. The summed E-state index contributed by atoms with van der Waals surface area (Å²) < 4.78 is 10.9. The third-order valence-corrected chi connectivity index (χ3v) is 7.81. The maximum absolute atomic E-state index is 13.1. The number of amides is 1. The molecule has 38 heavy (non-hydrogen) atoms. The number of fused-ring (bicyclic) bond motifs is 2. The van der Waals surface area contributed by atoms with Crippen LogP contribution in [0.2, 0.25) is 0 Å². The lowest BCUT2D eigenvalue weighted by molar-refractivity contribution is -0.146. The van der Waals surface area contributed by atoms with Gasteiger partial charge in [0.25, 0.3) is 0 Å². The Morgan fingerprint density at radius 2 is 2.11 bits per heavy atom. The molecule has 1 aromatic carbocycles. The van der Waals surface area contributed by atoms with E-state index in [1.165, 1.54) is 18.6 Å². The fourth-order valence-electron chi connectivity index (χ4n) is 5.72. The molecule has 0 bridgehead atoms. The number of Topliss-reactive ketones (excluding diaryl/α,β-unsaturated/α-hetero) is 1. The third kappa shape index (κ3) is 4.46. The first-order valence-electron chi connectivity index (χ1n) is 12.9. The Balaban J connectivity index is 1.20. The summed E-state index contributed by atoms with van der Waals surface area (Å²) in [4.78, 5) is 43.0. The molecule has 2 aliphatic carbocycles. The number of aromatic amines is 1. The van der Waals surface area contributed by atoms with Crippen LogP contribution in [0.25, 0.3) is 16.5 Å². The van der Waals surface area contributed by atoms with Crippen molar-refractivity contribution < 1.29 is 29.0 Å². The number of carbonyl (C=O) groups excluding carboxylic acids is 3. The van der Waals surface area contributed by atoms with E-state index >= 15 is 0 Å². The van der Waals surface area contributed by atoms with Gasteiger partial charge in [0.2, 0.25) is 5.91 Å². The molecular formula is C29H33N3O6. The predicted octanol–water partition coefficient (Wildman–Crippen LogP) is 2.30. The number of carbonyl (C=O) groups is 3. The first-order valence-corrected chi connectivity index (χ1v) is 12.9. The van der Waals surface area contributed by atoms with Crippen LogP contribution in [0.15, 0.2) is 48.1 Å². The van der Waals surface area contributed by atoms with E-state index in [-0.39, 0.29) is 36.5 Å². The number of hydrogen-bond acceptors (Lipinski definition) is 7. The lowest BCUT2D eigenvalue weighted by Crippen LogP contribution is -2.46. The number of methoxy groups -OCH3 is 1. The van der Waals surface area contributed by atoms with Gasteiger partial charge in [0, 0.05) is 42.0 Å². The highest BCUT2D eigenvalue weighted by Gasteiger charge is 2.41. The highest BCUT2D eigenvalue weighted by atomic mass is 16.5. The maximum Gasteiger partial charge on any atom is 0.337 e. The van der Waals surface area contributed by atoms with Crippen LogP contribution in [0.5, 0.6) is 5.88 Å². The number of aromatic nitrogens is 1. The van der Waals surface area contributed by atoms with Crippen LogP contribution >= 0.6 is 0 Å². The van der Waals surface area contributed by atoms with E-state index in [2.05, 4.69) is 27.3 Å². The fourth-order valence-corrected chi connectivity index (χ4v) is 5.72. The first-order chi connectivity index (χ1) is 18.2. The predicted molar refractivity (Wildman–Crippen MR) is 142 cm³/mol. The second kappa shape index (κ2) is 10.2. The van der Waals surface area contributed by atoms with E-state index in [4.69, 9.17) is 9.47 Å². The van der Waals surface area contributed by atoms with Crippen molar-refractivity contribution in [1.29, 1.82) is 0 Å². The minimum absolute atomic E-state index is 0.0406. The number of esters is 1. The van der Waals surface area contributed by atoms with Gasteiger partial charge in [-0.2, -0.15) is 0 Å². The zero-order valence-corrected chi connectivity index (χ0v) is 21.9. The van der Waals surface area contributed by atoms with Crippen molar-refractivity contribution in [3.05, 3.63) is 59.2 Å². The van der Waals surface area contributed by atoms with Gasteiger partial charge in [-0.3, -0.25) is 14.5 Å². The Morgan fingerprint density at radius 3 is 2.87 bits per heavy atom. The van der Waals surface area contributed by atoms with Crippen LogP contribution in [0, 0.1) is 5.92 Å². The summed E-state index contributed by atoms with van der Waals surface area (Å²) in [6, 6.07) is 6.32. The molecular weight excluding hydrogens is 486 g/mol. The normalized spacial score (nSPS) is 24.3. The number of benzene rings is 1. The van der Waals surface area contributed by atoms with E-state index in [0.29, 0.717) is 19.5 Å². The molecule has 2 heterocycles. The standard InChI is InChI=1S/C29H33N3O6/c1-17(33)29(36)11-5-4-9-22(29)28(35)38-13-7-12-30-26(34)18-14-20-19-8-6-10-23-25(19)21(27(31-23)37-3)15-24(20)32(2)16-18/h4-6,8-10,14,18,24,31,36H,7,11-13,15-16H2,1-3H3,(H,30,34)/t18-,24-,29?/m1/s1. The maximum atomic E-state index is 13.1. The van der Waals surface area contributed by atoms with Crippen LogP contribution in [-0.4, -0.2) is 78.1 Å². The third-order valence-electron chi connectivity index (χ3n) is 7.81. The van der Waals surface area contributed by atoms with Crippen LogP contribution in [0.3, 0.4) is 0 Å². The van der Waals surface area contributed by atoms with Crippen molar-refractivity contribution in [3.8, 4) is 5.88 Å². The number of nitrogens with one attached hydrogen (secondary N) is 2. The van der Waals surface area contributed by atoms with Crippen LogP contribution in [0.4, 0.5) is 0 Å². The Hall–Kier alpha value is -3.69. The highest BCUT2D eigenvalue weighted by molar-refractivity contribution is 6.03. The molecule has 0 radical (unpaired) electrons. The molecule has 0 saturated carbocycles. The molecule has 1 unspecified atom stereocenters. The molecule has 1 amide bonds. The number of hydrogen-bond donors (Lipinski definition) is 3. The number of allylic oxidation sites excluding steroid dienone is 2. The summed E-state index contributed by atoms with van der Waals surface area (Å²) in [5.74, 6) is -0.828. The van der Waals surface area contributed by atoms with Gasteiger partial charge in [0.15, 0.2) is 17.3 Å². The van der Waals surface area contributed by atoms with Gasteiger partial charge in [0.1, 0.15) is 0 Å². The van der Waals surface area contributed by atoms with Crippen molar-refractivity contribution in [2.24, 2.45) is 5.92 Å². The summed E-state index contributed by atoms with van der Waals surface area (Å²) in [6.45, 7) is 2.24. The van der Waals surface area contributed by atoms with Crippen molar-refractivity contribution in [2.45, 2.75) is 37.8 Å². The Kier molecular flexibility index (Phi) is 6.98. The lowest BCUT2D eigenvalue weighted by Gasteiger charge is -2.39. The summed E-state index contributed by atoms with van der Waals surface area (Å²) >= 11 is 0. The van der Waals surface area contributed by atoms with Gasteiger partial charge in [-0.15, -0.1) is 0 Å². The van der Waals surface area contributed by atoms with E-state index in [9.17, 15) is 19.5 Å². The minimum atomic E-state index is -1.85. The molecule has 0 fully saturated rings. The number of ketones is 1. The Morgan fingerprint density at radius 1 is 1.29 bits per heavy atom. The number of H-pyrrole nitrogens is 1. The lowest BCUT2D eigenvalue weighted by atomic mass is 9.79. The monoisotopic (exact) mass is 519 g/mol. The highest BCUT2D eigenvalue weighted by Crippen LogP contribution is 2.44. The van der Waals surface area contributed by atoms with Crippen LogP contribution < -0.4 is 10.1 Å². The molecule has 3 atom stereocenters. The minimum Gasteiger partial charge on any atom is -0.482 e. The molecule has 200 valence electrons. The van der Waals surface area contributed by atoms with Gasteiger partial charge < -0.3 is 24.9 Å². The van der Waals surface area contributed by atoms with Crippen molar-refractivity contribution in [1.82, 2.24) is 15.2 Å². The summed E-state index contributed by atoms with van der Waals surface area (Å²) in [5, 5.41) is 14.7. The molecule has 1 aromatic heterocycles. The largest absolute Gasteiger partial charge is 0.482 e. The van der Waals surface area contributed by atoms with Gasteiger partial charge >= 0.3 is 5.97 Å². The van der Waals surface area contributed by atoms with Crippen molar-refractivity contribution in [2.75, 3.05) is 33.9 Å². The molecule has 3 aliphatic rings. The van der Waals surface area contributed by atoms with Crippen LogP contribution in [-0.2, 0) is 25.5 Å². The van der Waals surface area contributed by atoms with Crippen molar-refractivity contribution >= 4 is 34.1 Å². The van der Waals surface area contributed by atoms with Gasteiger partial charge in [0.05, 0.1) is 25.2 Å².